The van der Waals surface area contributed by atoms with Gasteiger partial charge in [0.25, 0.3) is 0 Å². The number of rotatable bonds is 2. The van der Waals surface area contributed by atoms with E-state index in [1.807, 2.05) is 6.92 Å². The van der Waals surface area contributed by atoms with Gasteiger partial charge in [-0.05, 0) is 37.2 Å². The van der Waals surface area contributed by atoms with Crippen LogP contribution in [-0.4, -0.2) is 9.59 Å². The van der Waals surface area contributed by atoms with Gasteiger partial charge in [-0.25, -0.2) is 0 Å². The summed E-state index contributed by atoms with van der Waals surface area (Å²) >= 11 is 1.44. The molecule has 1 aromatic rings. The van der Waals surface area contributed by atoms with Crippen molar-refractivity contribution in [3.63, 3.8) is 0 Å². The maximum absolute atomic E-state index is 5.98. The predicted molar refractivity (Wildman–Crippen MR) is 44.3 cm³/mol. The van der Waals surface area contributed by atoms with Gasteiger partial charge < -0.3 is 5.73 Å². The summed E-state index contributed by atoms with van der Waals surface area (Å²) < 4.78 is 3.86. The molecule has 1 aliphatic carbocycles. The van der Waals surface area contributed by atoms with Crippen molar-refractivity contribution in [2.45, 2.75) is 25.8 Å². The number of nitrogens with two attached hydrogens (primary N) is 1. The molecule has 2 rings (SSSR count). The SMILES string of the molecule is Cc1nnsc1C(N)C1CC1. The lowest BCUT2D eigenvalue weighted by Gasteiger charge is -2.05. The van der Waals surface area contributed by atoms with Crippen molar-refractivity contribution in [2.24, 2.45) is 11.7 Å². The second-order valence-electron chi connectivity index (χ2n) is 3.09. The fraction of sp³-hybridized carbons (Fsp3) is 0.714. The molecule has 1 aliphatic rings. The molecule has 1 saturated carbocycles. The van der Waals surface area contributed by atoms with E-state index in [-0.39, 0.29) is 6.04 Å². The van der Waals surface area contributed by atoms with E-state index in [1.165, 1.54) is 29.3 Å². The van der Waals surface area contributed by atoms with Gasteiger partial charge in [0, 0.05) is 6.04 Å². The number of aromatic nitrogens is 2. The third-order valence-electron chi connectivity index (χ3n) is 2.12. The molecule has 0 amide bonds. The largest absolute Gasteiger partial charge is 0.323 e. The molecule has 0 radical (unpaired) electrons. The molecule has 1 unspecified atom stereocenters. The van der Waals surface area contributed by atoms with Crippen LogP contribution >= 0.6 is 11.5 Å². The summed E-state index contributed by atoms with van der Waals surface area (Å²) in [5, 5.41) is 3.94. The zero-order valence-electron chi connectivity index (χ0n) is 6.45. The van der Waals surface area contributed by atoms with Gasteiger partial charge in [-0.2, -0.15) is 0 Å². The summed E-state index contributed by atoms with van der Waals surface area (Å²) in [4.78, 5) is 1.17. The molecule has 1 fully saturated rings. The summed E-state index contributed by atoms with van der Waals surface area (Å²) in [6.45, 7) is 1.97. The van der Waals surface area contributed by atoms with Crippen molar-refractivity contribution in [1.82, 2.24) is 9.59 Å². The van der Waals surface area contributed by atoms with E-state index in [4.69, 9.17) is 5.73 Å². The van der Waals surface area contributed by atoms with E-state index < -0.39 is 0 Å². The van der Waals surface area contributed by atoms with Gasteiger partial charge in [-0.15, -0.1) is 5.10 Å². The minimum absolute atomic E-state index is 0.204. The van der Waals surface area contributed by atoms with Crippen molar-refractivity contribution in [3.05, 3.63) is 10.6 Å². The third-order valence-corrected chi connectivity index (χ3v) is 3.05. The van der Waals surface area contributed by atoms with Crippen LogP contribution in [0.15, 0.2) is 0 Å². The Morgan fingerprint density at radius 1 is 1.64 bits per heavy atom. The second-order valence-corrected chi connectivity index (χ2v) is 3.87. The predicted octanol–water partition coefficient (Wildman–Crippen LogP) is 1.26. The van der Waals surface area contributed by atoms with E-state index in [0.717, 1.165) is 5.69 Å². The fourth-order valence-electron chi connectivity index (χ4n) is 1.21. The van der Waals surface area contributed by atoms with E-state index in [1.54, 1.807) is 0 Å². The first-order valence-electron chi connectivity index (χ1n) is 3.83. The number of hydrogen-bond donors (Lipinski definition) is 1. The highest BCUT2D eigenvalue weighted by atomic mass is 32.1. The normalized spacial score (nSPS) is 20.2. The monoisotopic (exact) mass is 169 g/mol. The second kappa shape index (κ2) is 2.53. The first-order valence-corrected chi connectivity index (χ1v) is 4.61. The standard InChI is InChI=1S/C7H11N3S/c1-4-7(11-10-9-4)6(8)5-2-3-5/h5-6H,2-3,8H2,1H3. The van der Waals surface area contributed by atoms with E-state index >= 15 is 0 Å². The molecule has 0 aromatic carbocycles. The molecule has 2 N–H and O–H groups in total. The Labute approximate surface area is 69.8 Å². The Morgan fingerprint density at radius 3 is 2.82 bits per heavy atom. The lowest BCUT2D eigenvalue weighted by molar-refractivity contribution is 0.639. The maximum Gasteiger partial charge on any atom is 0.0772 e. The maximum atomic E-state index is 5.98. The van der Waals surface area contributed by atoms with Crippen molar-refractivity contribution < 1.29 is 0 Å². The molecule has 0 spiro atoms. The highest BCUT2D eigenvalue weighted by molar-refractivity contribution is 7.05. The molecule has 1 aromatic heterocycles. The van der Waals surface area contributed by atoms with Crippen LogP contribution in [0.3, 0.4) is 0 Å². The van der Waals surface area contributed by atoms with Gasteiger partial charge in [-0.3, -0.25) is 0 Å². The van der Waals surface area contributed by atoms with Crippen LogP contribution in [0.1, 0.15) is 29.5 Å². The van der Waals surface area contributed by atoms with Crippen molar-refractivity contribution in [2.75, 3.05) is 0 Å². The summed E-state index contributed by atoms with van der Waals surface area (Å²) in [7, 11) is 0. The highest BCUT2D eigenvalue weighted by Gasteiger charge is 2.31. The van der Waals surface area contributed by atoms with E-state index in [9.17, 15) is 0 Å². The fourth-order valence-corrected chi connectivity index (χ4v) is 1.95. The highest BCUT2D eigenvalue weighted by Crippen LogP contribution is 2.40. The average molecular weight is 169 g/mol. The van der Waals surface area contributed by atoms with Crippen LogP contribution in [0.2, 0.25) is 0 Å². The van der Waals surface area contributed by atoms with Gasteiger partial charge in [0.1, 0.15) is 0 Å². The number of nitrogens with zero attached hydrogens (tertiary/aromatic N) is 2. The quantitative estimate of drug-likeness (QED) is 0.725. The Kier molecular flexibility index (Phi) is 1.65. The molecule has 11 heavy (non-hydrogen) atoms. The molecular formula is C7H11N3S. The van der Waals surface area contributed by atoms with Crippen LogP contribution in [0.5, 0.6) is 0 Å². The first-order chi connectivity index (χ1) is 5.29. The zero-order valence-corrected chi connectivity index (χ0v) is 7.27. The van der Waals surface area contributed by atoms with Crippen LogP contribution in [0.4, 0.5) is 0 Å². The topological polar surface area (TPSA) is 51.8 Å². The molecule has 4 heteroatoms. The lowest BCUT2D eigenvalue weighted by Crippen LogP contribution is -2.11. The lowest BCUT2D eigenvalue weighted by atomic mass is 10.1. The van der Waals surface area contributed by atoms with Crippen molar-refractivity contribution >= 4 is 11.5 Å². The molecule has 0 aliphatic heterocycles. The van der Waals surface area contributed by atoms with Gasteiger partial charge in [0.2, 0.25) is 0 Å². The molecule has 60 valence electrons. The van der Waals surface area contributed by atoms with Gasteiger partial charge in [-0.1, -0.05) is 4.49 Å². The summed E-state index contributed by atoms with van der Waals surface area (Å²) in [6.07, 6.45) is 2.55. The molecule has 0 bridgehead atoms. The number of aryl methyl sites for hydroxylation is 1. The van der Waals surface area contributed by atoms with Gasteiger partial charge in [0.15, 0.2) is 0 Å². The van der Waals surface area contributed by atoms with Gasteiger partial charge >= 0.3 is 0 Å². The number of hydrogen-bond acceptors (Lipinski definition) is 4. The van der Waals surface area contributed by atoms with Crippen molar-refractivity contribution in [3.8, 4) is 0 Å². The molecular weight excluding hydrogens is 158 g/mol. The zero-order chi connectivity index (χ0) is 7.84. The van der Waals surface area contributed by atoms with E-state index in [0.29, 0.717) is 5.92 Å². The molecule has 0 saturated heterocycles. The Balaban J connectivity index is 2.20. The van der Waals surface area contributed by atoms with Crippen LogP contribution in [-0.2, 0) is 0 Å². The Bertz CT molecular complexity index is 254. The minimum atomic E-state index is 0.204. The summed E-state index contributed by atoms with van der Waals surface area (Å²) in [5.41, 5.74) is 6.98. The summed E-state index contributed by atoms with van der Waals surface area (Å²) in [6, 6.07) is 0.204. The Hall–Kier alpha value is -0.480. The average Bonchev–Trinajstić information content (AvgIpc) is 2.74. The first kappa shape index (κ1) is 7.18. The van der Waals surface area contributed by atoms with Crippen LogP contribution in [0.25, 0.3) is 0 Å². The molecule has 1 heterocycles. The third kappa shape index (κ3) is 1.28. The minimum Gasteiger partial charge on any atom is -0.323 e. The smallest absolute Gasteiger partial charge is 0.0772 e. The Morgan fingerprint density at radius 2 is 2.36 bits per heavy atom. The summed E-state index contributed by atoms with van der Waals surface area (Å²) in [5.74, 6) is 0.705. The molecule has 1 atom stereocenters. The van der Waals surface area contributed by atoms with Crippen molar-refractivity contribution in [1.29, 1.82) is 0 Å². The van der Waals surface area contributed by atoms with Gasteiger partial charge in [0.05, 0.1) is 10.6 Å². The molecule has 3 nitrogen and oxygen atoms in total. The van der Waals surface area contributed by atoms with E-state index in [2.05, 4.69) is 9.59 Å². The van der Waals surface area contributed by atoms with Crippen LogP contribution < -0.4 is 5.73 Å². The van der Waals surface area contributed by atoms with Crippen LogP contribution in [0, 0.1) is 12.8 Å².